The molecule has 2 fully saturated rings. The molecule has 0 aromatic rings. The van der Waals surface area contributed by atoms with Crippen molar-refractivity contribution in [3.8, 4) is 0 Å². The van der Waals surface area contributed by atoms with E-state index in [0.29, 0.717) is 11.7 Å². The van der Waals surface area contributed by atoms with Gasteiger partial charge in [-0.15, -0.1) is 0 Å². The molecule has 0 saturated heterocycles. The molecule has 12 heavy (non-hydrogen) atoms. The fraction of sp³-hybridized carbons (Fsp3) is 0.909. The van der Waals surface area contributed by atoms with Crippen molar-refractivity contribution in [3.05, 3.63) is 0 Å². The van der Waals surface area contributed by atoms with Gasteiger partial charge in [0.05, 0.1) is 0 Å². The van der Waals surface area contributed by atoms with Gasteiger partial charge in [-0.05, 0) is 18.8 Å². The van der Waals surface area contributed by atoms with Crippen LogP contribution in [0.25, 0.3) is 0 Å². The van der Waals surface area contributed by atoms with Gasteiger partial charge in [0.1, 0.15) is 5.78 Å². The minimum atomic E-state index is 0.480. The third-order valence-corrected chi connectivity index (χ3v) is 3.54. The second-order valence-corrected chi connectivity index (χ2v) is 4.44. The lowest BCUT2D eigenvalue weighted by molar-refractivity contribution is -0.130. The summed E-state index contributed by atoms with van der Waals surface area (Å²) >= 11 is 0. The van der Waals surface area contributed by atoms with Crippen LogP contribution < -0.4 is 0 Å². The molecule has 0 N–H and O–H groups in total. The van der Waals surface area contributed by atoms with E-state index in [-0.39, 0.29) is 0 Å². The van der Waals surface area contributed by atoms with Crippen LogP contribution in [-0.4, -0.2) is 5.78 Å². The molecule has 0 spiro atoms. The van der Waals surface area contributed by atoms with Crippen LogP contribution in [-0.2, 0) is 4.79 Å². The van der Waals surface area contributed by atoms with Gasteiger partial charge in [-0.1, -0.05) is 32.1 Å². The Hall–Kier alpha value is -0.330. The van der Waals surface area contributed by atoms with Crippen LogP contribution in [0.4, 0.5) is 0 Å². The van der Waals surface area contributed by atoms with Crippen LogP contribution in [0.5, 0.6) is 0 Å². The number of hydrogen-bond acceptors (Lipinski definition) is 1. The molecule has 0 radical (unpaired) electrons. The van der Waals surface area contributed by atoms with Gasteiger partial charge < -0.3 is 0 Å². The van der Waals surface area contributed by atoms with Gasteiger partial charge in [-0.2, -0.15) is 0 Å². The lowest BCUT2D eigenvalue weighted by atomic mass is 9.74. The predicted octanol–water partition coefficient (Wildman–Crippen LogP) is 2.94. The molecule has 2 rings (SSSR count). The maximum atomic E-state index is 11.1. The quantitative estimate of drug-likeness (QED) is 0.616. The summed E-state index contributed by atoms with van der Waals surface area (Å²) in [5.41, 5.74) is 0. The minimum Gasteiger partial charge on any atom is -0.299 e. The Morgan fingerprint density at radius 3 is 2.33 bits per heavy atom. The van der Waals surface area contributed by atoms with Crippen molar-refractivity contribution in [2.24, 2.45) is 11.8 Å². The van der Waals surface area contributed by atoms with Gasteiger partial charge >= 0.3 is 0 Å². The molecule has 0 aromatic carbocycles. The maximum absolute atomic E-state index is 11.1. The Morgan fingerprint density at radius 1 is 1.08 bits per heavy atom. The van der Waals surface area contributed by atoms with Gasteiger partial charge in [-0.3, -0.25) is 4.79 Å². The molecule has 0 amide bonds. The monoisotopic (exact) mass is 166 g/mol. The summed E-state index contributed by atoms with van der Waals surface area (Å²) < 4.78 is 0. The first-order chi connectivity index (χ1) is 5.86. The molecule has 68 valence electrons. The summed E-state index contributed by atoms with van der Waals surface area (Å²) in [4.78, 5) is 11.1. The number of hydrogen-bond donors (Lipinski definition) is 0. The zero-order valence-corrected chi connectivity index (χ0v) is 7.72. The summed E-state index contributed by atoms with van der Waals surface area (Å²) in [5.74, 6) is 1.92. The van der Waals surface area contributed by atoms with E-state index in [0.717, 1.165) is 12.3 Å². The van der Waals surface area contributed by atoms with Gasteiger partial charge in [-0.25, -0.2) is 0 Å². The average Bonchev–Trinajstić information content (AvgIpc) is 2.14. The Bertz CT molecular complexity index is 168. The lowest BCUT2D eigenvalue weighted by Crippen LogP contribution is -2.28. The highest BCUT2D eigenvalue weighted by Gasteiger charge is 2.30. The Balaban J connectivity index is 1.74. The van der Waals surface area contributed by atoms with E-state index < -0.39 is 0 Å². The normalized spacial score (nSPS) is 31.7. The predicted molar refractivity (Wildman–Crippen MR) is 48.9 cm³/mol. The highest BCUT2D eigenvalue weighted by molar-refractivity contribution is 5.86. The van der Waals surface area contributed by atoms with Crippen LogP contribution in [0.2, 0.25) is 0 Å². The topological polar surface area (TPSA) is 17.1 Å². The third-order valence-electron chi connectivity index (χ3n) is 3.54. The second-order valence-electron chi connectivity index (χ2n) is 4.44. The summed E-state index contributed by atoms with van der Waals surface area (Å²) in [6, 6.07) is 0. The van der Waals surface area contributed by atoms with Crippen molar-refractivity contribution < 1.29 is 4.79 Å². The van der Waals surface area contributed by atoms with Crippen molar-refractivity contribution in [1.82, 2.24) is 0 Å². The molecular formula is C11H18O. The fourth-order valence-electron chi connectivity index (χ4n) is 2.54. The Labute approximate surface area is 74.5 Å². The van der Waals surface area contributed by atoms with Crippen LogP contribution >= 0.6 is 0 Å². The summed E-state index contributed by atoms with van der Waals surface area (Å²) in [5, 5.41) is 0. The fourth-order valence-corrected chi connectivity index (χ4v) is 2.54. The van der Waals surface area contributed by atoms with E-state index in [1.165, 1.54) is 44.9 Å². The molecule has 1 heteroatoms. The van der Waals surface area contributed by atoms with Gasteiger partial charge in [0.2, 0.25) is 0 Å². The van der Waals surface area contributed by atoms with Crippen LogP contribution in [0, 0.1) is 11.8 Å². The van der Waals surface area contributed by atoms with E-state index >= 15 is 0 Å². The van der Waals surface area contributed by atoms with E-state index in [1.54, 1.807) is 0 Å². The highest BCUT2D eigenvalue weighted by Crippen LogP contribution is 2.35. The molecule has 0 bridgehead atoms. The molecule has 2 aliphatic carbocycles. The van der Waals surface area contributed by atoms with Crippen molar-refractivity contribution in [3.63, 3.8) is 0 Å². The number of carbonyl (C=O) groups excluding carboxylic acids is 1. The zero-order valence-electron chi connectivity index (χ0n) is 7.72. The number of carbonyl (C=O) groups is 1. The minimum absolute atomic E-state index is 0.480. The molecule has 0 aromatic heterocycles. The van der Waals surface area contributed by atoms with Gasteiger partial charge in [0.25, 0.3) is 0 Å². The number of rotatable bonds is 2. The summed E-state index contributed by atoms with van der Waals surface area (Å²) in [6.07, 6.45) is 10.3. The van der Waals surface area contributed by atoms with Crippen molar-refractivity contribution in [1.29, 1.82) is 0 Å². The highest BCUT2D eigenvalue weighted by atomic mass is 16.1. The van der Waals surface area contributed by atoms with Gasteiger partial charge in [0, 0.05) is 12.3 Å². The molecular weight excluding hydrogens is 148 g/mol. The SMILES string of the molecule is O=C1CCC1CC1CCCCC1. The first-order valence-electron chi connectivity index (χ1n) is 5.39. The smallest absolute Gasteiger partial charge is 0.136 e. The van der Waals surface area contributed by atoms with Crippen molar-refractivity contribution in [2.45, 2.75) is 51.4 Å². The number of Topliss-reactive ketones (excluding diaryl/α,β-unsaturated/α-hetero) is 1. The second kappa shape index (κ2) is 3.59. The molecule has 0 aliphatic heterocycles. The van der Waals surface area contributed by atoms with E-state index in [2.05, 4.69) is 0 Å². The largest absolute Gasteiger partial charge is 0.299 e. The van der Waals surface area contributed by atoms with Crippen molar-refractivity contribution in [2.75, 3.05) is 0 Å². The summed E-state index contributed by atoms with van der Waals surface area (Å²) in [7, 11) is 0. The molecule has 1 unspecified atom stereocenters. The molecule has 1 atom stereocenters. The van der Waals surface area contributed by atoms with Gasteiger partial charge in [0.15, 0.2) is 0 Å². The van der Waals surface area contributed by atoms with E-state index in [1.807, 2.05) is 0 Å². The molecule has 0 heterocycles. The Kier molecular flexibility index (Phi) is 2.48. The van der Waals surface area contributed by atoms with Crippen LogP contribution in [0.3, 0.4) is 0 Å². The Morgan fingerprint density at radius 2 is 1.83 bits per heavy atom. The van der Waals surface area contributed by atoms with Crippen molar-refractivity contribution >= 4 is 5.78 Å². The lowest BCUT2D eigenvalue weighted by Gasteiger charge is -2.30. The standard InChI is InChI=1S/C11H18O/c12-11-7-6-10(11)8-9-4-2-1-3-5-9/h9-10H,1-8H2. The zero-order chi connectivity index (χ0) is 8.39. The average molecular weight is 166 g/mol. The van der Waals surface area contributed by atoms with E-state index in [9.17, 15) is 4.79 Å². The first kappa shape index (κ1) is 8.28. The first-order valence-corrected chi connectivity index (χ1v) is 5.39. The van der Waals surface area contributed by atoms with Crippen LogP contribution in [0.15, 0.2) is 0 Å². The maximum Gasteiger partial charge on any atom is 0.136 e. The molecule has 1 nitrogen and oxygen atoms in total. The summed E-state index contributed by atoms with van der Waals surface area (Å²) in [6.45, 7) is 0. The molecule has 2 saturated carbocycles. The van der Waals surface area contributed by atoms with E-state index in [4.69, 9.17) is 0 Å². The van der Waals surface area contributed by atoms with Crippen LogP contribution in [0.1, 0.15) is 51.4 Å². The third kappa shape index (κ3) is 1.70. The molecule has 2 aliphatic rings. The number of ketones is 1.